The van der Waals surface area contributed by atoms with E-state index in [0.717, 1.165) is 26.1 Å². The number of ether oxygens (including phenoxy) is 3. The Labute approximate surface area is 105 Å². The minimum atomic E-state index is 0.515. The normalized spacial score (nSPS) is 13.2. The molecule has 1 atom stereocenters. The largest absolute Gasteiger partial charge is 0.382 e. The zero-order valence-corrected chi connectivity index (χ0v) is 11.5. The first-order chi connectivity index (χ1) is 8.22. The third-order valence-electron chi connectivity index (χ3n) is 2.73. The summed E-state index contributed by atoms with van der Waals surface area (Å²) in [7, 11) is 3.76. The zero-order valence-electron chi connectivity index (χ0n) is 11.5. The molecular weight excluding hydrogens is 220 g/mol. The van der Waals surface area contributed by atoms with E-state index in [4.69, 9.17) is 19.9 Å². The molecule has 0 radical (unpaired) electrons. The van der Waals surface area contributed by atoms with Gasteiger partial charge in [-0.3, -0.25) is 0 Å². The number of hydrogen-bond donors (Lipinski definition) is 1. The van der Waals surface area contributed by atoms with Crippen LogP contribution in [-0.2, 0) is 14.2 Å². The highest BCUT2D eigenvalue weighted by atomic mass is 16.5. The van der Waals surface area contributed by atoms with E-state index in [2.05, 4.69) is 18.9 Å². The molecule has 0 saturated heterocycles. The minimum Gasteiger partial charge on any atom is -0.382 e. The van der Waals surface area contributed by atoms with Gasteiger partial charge in [0.2, 0.25) is 0 Å². The van der Waals surface area contributed by atoms with Gasteiger partial charge in [-0.1, -0.05) is 0 Å². The van der Waals surface area contributed by atoms with Crippen molar-refractivity contribution in [3.63, 3.8) is 0 Å². The molecule has 0 rings (SSSR count). The van der Waals surface area contributed by atoms with Crippen LogP contribution in [0, 0.1) is 0 Å². The fourth-order valence-corrected chi connectivity index (χ4v) is 1.35. The second kappa shape index (κ2) is 12.3. The molecule has 0 aromatic heterocycles. The van der Waals surface area contributed by atoms with Crippen molar-refractivity contribution in [2.45, 2.75) is 19.4 Å². The smallest absolute Gasteiger partial charge is 0.0701 e. The van der Waals surface area contributed by atoms with Gasteiger partial charge in [0, 0.05) is 19.7 Å². The first-order valence-electron chi connectivity index (χ1n) is 6.27. The third-order valence-corrected chi connectivity index (χ3v) is 2.73. The van der Waals surface area contributed by atoms with E-state index in [1.807, 2.05) is 0 Å². The lowest BCUT2D eigenvalue weighted by Crippen LogP contribution is -2.33. The summed E-state index contributed by atoms with van der Waals surface area (Å²) in [4.78, 5) is 2.26. The van der Waals surface area contributed by atoms with Crippen LogP contribution in [0.2, 0.25) is 0 Å². The van der Waals surface area contributed by atoms with Gasteiger partial charge in [-0.05, 0) is 26.9 Å². The quantitative estimate of drug-likeness (QED) is 0.505. The summed E-state index contributed by atoms with van der Waals surface area (Å²) in [5.41, 5.74) is 5.52. The van der Waals surface area contributed by atoms with Crippen molar-refractivity contribution in [2.75, 3.05) is 60.3 Å². The van der Waals surface area contributed by atoms with Crippen LogP contribution in [0.15, 0.2) is 0 Å². The molecule has 17 heavy (non-hydrogen) atoms. The Morgan fingerprint density at radius 1 is 1.06 bits per heavy atom. The number of likely N-dealkylation sites (N-methyl/N-ethyl adjacent to an activating group) is 1. The maximum Gasteiger partial charge on any atom is 0.0701 e. The van der Waals surface area contributed by atoms with Crippen molar-refractivity contribution in [3.05, 3.63) is 0 Å². The van der Waals surface area contributed by atoms with Crippen LogP contribution < -0.4 is 5.73 Å². The predicted octanol–water partition coefficient (Wildman–Crippen LogP) is 0.335. The van der Waals surface area contributed by atoms with Gasteiger partial charge in [0.25, 0.3) is 0 Å². The SMILES string of the molecule is COCCOCCOCCN(C)C(C)CCN. The molecule has 0 aromatic carbocycles. The van der Waals surface area contributed by atoms with Gasteiger partial charge in [-0.15, -0.1) is 0 Å². The topological polar surface area (TPSA) is 57.0 Å². The monoisotopic (exact) mass is 248 g/mol. The Morgan fingerprint density at radius 3 is 2.24 bits per heavy atom. The van der Waals surface area contributed by atoms with Crippen LogP contribution in [0.25, 0.3) is 0 Å². The standard InChI is InChI=1S/C12H28N2O3/c1-12(4-5-13)14(2)6-7-16-10-11-17-9-8-15-3/h12H,4-11,13H2,1-3H3. The maximum absolute atomic E-state index is 5.52. The summed E-state index contributed by atoms with van der Waals surface area (Å²) < 4.78 is 15.6. The highest BCUT2D eigenvalue weighted by Crippen LogP contribution is 1.98. The average molecular weight is 248 g/mol. The van der Waals surface area contributed by atoms with Crippen LogP contribution >= 0.6 is 0 Å². The first-order valence-corrected chi connectivity index (χ1v) is 6.27. The van der Waals surface area contributed by atoms with Gasteiger partial charge in [0.15, 0.2) is 0 Å². The molecular formula is C12H28N2O3. The van der Waals surface area contributed by atoms with Crippen LogP contribution in [-0.4, -0.2) is 71.2 Å². The van der Waals surface area contributed by atoms with Gasteiger partial charge < -0.3 is 24.8 Å². The van der Waals surface area contributed by atoms with Crippen molar-refractivity contribution in [3.8, 4) is 0 Å². The third kappa shape index (κ3) is 10.7. The molecule has 0 heterocycles. The van der Waals surface area contributed by atoms with Crippen LogP contribution in [0.3, 0.4) is 0 Å². The fraction of sp³-hybridized carbons (Fsp3) is 1.00. The summed E-state index contributed by atoms with van der Waals surface area (Å²) in [5, 5.41) is 0. The van der Waals surface area contributed by atoms with Crippen LogP contribution in [0.1, 0.15) is 13.3 Å². The Balaban J connectivity index is 3.21. The van der Waals surface area contributed by atoms with Crippen molar-refractivity contribution in [1.29, 1.82) is 0 Å². The van der Waals surface area contributed by atoms with Crippen molar-refractivity contribution in [1.82, 2.24) is 4.90 Å². The molecule has 0 aromatic rings. The molecule has 2 N–H and O–H groups in total. The Kier molecular flexibility index (Phi) is 12.1. The first kappa shape index (κ1) is 16.8. The highest BCUT2D eigenvalue weighted by molar-refractivity contribution is 4.62. The Morgan fingerprint density at radius 2 is 1.65 bits per heavy atom. The van der Waals surface area contributed by atoms with E-state index in [1.165, 1.54) is 0 Å². The van der Waals surface area contributed by atoms with E-state index in [-0.39, 0.29) is 0 Å². The van der Waals surface area contributed by atoms with Gasteiger partial charge in [-0.2, -0.15) is 0 Å². The molecule has 0 saturated carbocycles. The lowest BCUT2D eigenvalue weighted by atomic mass is 10.2. The molecule has 0 fully saturated rings. The predicted molar refractivity (Wildman–Crippen MR) is 69.3 cm³/mol. The molecule has 0 spiro atoms. The summed E-state index contributed by atoms with van der Waals surface area (Å²) in [6.07, 6.45) is 1.02. The molecule has 0 aliphatic carbocycles. The van der Waals surface area contributed by atoms with Gasteiger partial charge in [0.1, 0.15) is 0 Å². The zero-order chi connectivity index (χ0) is 12.9. The lowest BCUT2D eigenvalue weighted by molar-refractivity contribution is 0.0189. The summed E-state index contributed by atoms with van der Waals surface area (Å²) in [6, 6.07) is 0.515. The molecule has 0 amide bonds. The van der Waals surface area contributed by atoms with Crippen LogP contribution in [0.5, 0.6) is 0 Å². The summed E-state index contributed by atoms with van der Waals surface area (Å²) >= 11 is 0. The molecule has 0 aliphatic heterocycles. The van der Waals surface area contributed by atoms with E-state index >= 15 is 0 Å². The van der Waals surface area contributed by atoms with Crippen molar-refractivity contribution >= 4 is 0 Å². The lowest BCUT2D eigenvalue weighted by Gasteiger charge is -2.23. The molecule has 5 heteroatoms. The summed E-state index contributed by atoms with van der Waals surface area (Å²) in [5.74, 6) is 0. The van der Waals surface area contributed by atoms with Gasteiger partial charge in [0.05, 0.1) is 33.0 Å². The van der Waals surface area contributed by atoms with E-state index < -0.39 is 0 Å². The molecule has 104 valence electrons. The average Bonchev–Trinajstić information content (AvgIpc) is 2.32. The van der Waals surface area contributed by atoms with Crippen molar-refractivity contribution < 1.29 is 14.2 Å². The second-order valence-corrected chi connectivity index (χ2v) is 4.12. The summed E-state index contributed by atoms with van der Waals surface area (Å²) in [6.45, 7) is 7.12. The van der Waals surface area contributed by atoms with Gasteiger partial charge in [-0.25, -0.2) is 0 Å². The number of methoxy groups -OCH3 is 1. The Bertz CT molecular complexity index is 159. The number of hydrogen-bond acceptors (Lipinski definition) is 5. The molecule has 1 unspecified atom stereocenters. The second-order valence-electron chi connectivity index (χ2n) is 4.12. The highest BCUT2D eigenvalue weighted by Gasteiger charge is 2.06. The van der Waals surface area contributed by atoms with E-state index in [9.17, 15) is 0 Å². The number of nitrogens with two attached hydrogens (primary N) is 1. The molecule has 0 aliphatic rings. The van der Waals surface area contributed by atoms with Gasteiger partial charge >= 0.3 is 0 Å². The molecule has 0 bridgehead atoms. The van der Waals surface area contributed by atoms with Crippen molar-refractivity contribution in [2.24, 2.45) is 5.73 Å². The maximum atomic E-state index is 5.52. The Hall–Kier alpha value is -0.200. The number of rotatable bonds is 12. The van der Waals surface area contributed by atoms with E-state index in [1.54, 1.807) is 7.11 Å². The minimum absolute atomic E-state index is 0.515. The van der Waals surface area contributed by atoms with Crippen LogP contribution in [0.4, 0.5) is 0 Å². The fourth-order valence-electron chi connectivity index (χ4n) is 1.35. The molecule has 5 nitrogen and oxygen atoms in total. The van der Waals surface area contributed by atoms with E-state index in [0.29, 0.717) is 32.5 Å². The number of nitrogens with zero attached hydrogens (tertiary/aromatic N) is 1.